The van der Waals surface area contributed by atoms with E-state index in [4.69, 9.17) is 9.47 Å². The fourth-order valence-electron chi connectivity index (χ4n) is 50.1. The van der Waals surface area contributed by atoms with Crippen molar-refractivity contribution in [1.29, 1.82) is 0 Å². The van der Waals surface area contributed by atoms with Gasteiger partial charge in [-0.05, 0) is 379 Å². The van der Waals surface area contributed by atoms with Crippen molar-refractivity contribution in [3.8, 4) is 0 Å². The Morgan fingerprint density at radius 2 is 0.667 bits per heavy atom. The SMILES string of the molecule is CCCCCOC(=O)c1ccc(CC23C4C5C6C7C8C9C%10C%11C%12C%13C%14C%10C%10C%15C9C9C7C5C5C7C9C%15C9C%15C%10C%14C%10C%14C%13C%13C%12C%12C(C%118)C6C6C%12C8C%13C%11C%14C%12C%10C%15C%10C9C7C(C52)C2(N5CCOCC5)C%10C%12C5C%11C8C(C64)C3C52)cc1. The summed E-state index contributed by atoms with van der Waals surface area (Å²) in [6, 6.07) is 10.00. The third-order valence-corrected chi connectivity index (χ3v) is 44.7. The molecule has 32 saturated carbocycles. The quantitative estimate of drug-likeness (QED) is 0.192. The molecular weight excluding hydrogens is 987 g/mol. The van der Waals surface area contributed by atoms with Crippen LogP contribution in [0.4, 0.5) is 0 Å². The molecule has 1 heterocycles. The zero-order valence-corrected chi connectivity index (χ0v) is 47.3. The van der Waals surface area contributed by atoms with Gasteiger partial charge in [-0.15, -0.1) is 0 Å². The average molecular weight is 1070 g/mol. The molecule has 0 aromatic heterocycles. The Bertz CT molecular complexity index is 3430. The van der Waals surface area contributed by atoms with Gasteiger partial charge in [0.1, 0.15) is 0 Å². The van der Waals surface area contributed by atoms with E-state index in [1.807, 2.05) is 0 Å². The van der Waals surface area contributed by atoms with Gasteiger partial charge in [-0.25, -0.2) is 4.79 Å². The minimum atomic E-state index is -0.0444. The van der Waals surface area contributed by atoms with Gasteiger partial charge in [0.2, 0.25) is 0 Å². The zero-order valence-electron chi connectivity index (χ0n) is 47.3. The molecule has 33 fully saturated rings. The van der Waals surface area contributed by atoms with Gasteiger partial charge in [0.05, 0.1) is 25.4 Å². The second-order valence-electron chi connectivity index (χ2n) is 40.5. The topological polar surface area (TPSA) is 38.8 Å². The summed E-state index contributed by atoms with van der Waals surface area (Å²) in [7, 11) is 0. The molecule has 0 spiro atoms. The Morgan fingerprint density at radius 1 is 0.383 bits per heavy atom. The first-order valence-electron chi connectivity index (χ1n) is 37.8. The number of esters is 1. The Labute approximate surface area is 477 Å². The van der Waals surface area contributed by atoms with Crippen LogP contribution in [-0.4, -0.2) is 49.3 Å². The smallest absolute Gasteiger partial charge is 0.338 e. The zero-order chi connectivity index (χ0) is 49.4. The lowest BCUT2D eigenvalue weighted by molar-refractivity contribution is -0.267. The monoisotopic (exact) mass is 1070 g/mol. The minimum Gasteiger partial charge on any atom is -0.462 e. The fourth-order valence-corrected chi connectivity index (χ4v) is 50.1. The molecular formula is C77H83NO3. The van der Waals surface area contributed by atoms with Crippen LogP contribution in [0.15, 0.2) is 24.3 Å². The number of hydrogen-bond acceptors (Lipinski definition) is 4. The number of unbranched alkanes of at least 4 members (excludes halogenated alkanes) is 2. The largest absolute Gasteiger partial charge is 0.462 e. The first-order valence-corrected chi connectivity index (χ1v) is 37.8. The van der Waals surface area contributed by atoms with Crippen molar-refractivity contribution >= 4 is 5.97 Å². The van der Waals surface area contributed by atoms with Crippen LogP contribution in [0.1, 0.15) is 42.1 Å². The first-order chi connectivity index (χ1) is 40.3. The second kappa shape index (κ2) is 10.6. The standard InChI is InChI=1S/C77H83NO3/c1-2-3-4-11-81-75(79)16-7-5-15(6-8-16)14-76-69-61-52-45-32-25-19-20-22-18-17-21(19)30(32)36-34-23(17)27-24(18)35-37-31(22)33-26(20)29-28(25)39-47-40(29)49-46(33)53-51(37)55-42(35)44-38(27)43-41(34)54(50(36)52)65(69)67-56(43)57(44)68-66(55)70-62(53)59(49)64-60(47)63(58(61)48(39)45)71(76)73(64)77(70,74(68)72(67)76)78-9-12-80-13-10-78/h5-8,17-74H,2-4,9-14H2,1H3. The highest BCUT2D eigenvalue weighted by molar-refractivity contribution is 5.89. The Morgan fingerprint density at radius 3 is 1.05 bits per heavy atom. The summed E-state index contributed by atoms with van der Waals surface area (Å²) in [4.78, 5) is 17.7. The number of hydrogen-bond donors (Lipinski definition) is 0. The van der Waals surface area contributed by atoms with E-state index in [2.05, 4.69) is 36.1 Å². The van der Waals surface area contributed by atoms with Crippen molar-refractivity contribution in [2.45, 2.75) is 38.1 Å². The van der Waals surface area contributed by atoms with E-state index in [0.29, 0.717) is 17.6 Å². The molecule has 1 aromatic carbocycles. The van der Waals surface area contributed by atoms with E-state index in [9.17, 15) is 4.79 Å². The molecule has 81 heavy (non-hydrogen) atoms. The molecule has 34 rings (SSSR count). The molecule has 0 N–H and O–H groups in total. The predicted molar refractivity (Wildman–Crippen MR) is 290 cm³/mol. The molecule has 60 atom stereocenters. The highest BCUT2D eigenvalue weighted by atomic mass is 16.5. The van der Waals surface area contributed by atoms with E-state index in [1.165, 1.54) is 245 Å². The molecule has 33 aliphatic rings. The van der Waals surface area contributed by atoms with Gasteiger partial charge >= 0.3 is 5.97 Å². The number of benzene rings is 1. The van der Waals surface area contributed by atoms with Crippen molar-refractivity contribution in [3.05, 3.63) is 35.4 Å². The van der Waals surface area contributed by atoms with E-state index in [0.717, 1.165) is 156 Å². The number of carbonyl (C=O) groups excluding carboxylic acids is 1. The molecule has 1 aliphatic heterocycles. The van der Waals surface area contributed by atoms with Crippen LogP contribution >= 0.6 is 0 Å². The van der Waals surface area contributed by atoms with Gasteiger partial charge < -0.3 is 9.47 Å². The number of ether oxygens (including phenoxy) is 2. The third-order valence-electron chi connectivity index (χ3n) is 44.7. The minimum absolute atomic E-state index is 0.0444. The third kappa shape index (κ3) is 2.75. The maximum atomic E-state index is 14.0. The Balaban J connectivity index is 0.765. The van der Waals surface area contributed by atoms with Gasteiger partial charge in [0.15, 0.2) is 0 Å². The van der Waals surface area contributed by atoms with Gasteiger partial charge in [0.25, 0.3) is 0 Å². The molecule has 4 nitrogen and oxygen atoms in total. The summed E-state index contributed by atoms with van der Waals surface area (Å²) in [6.45, 7) is 7.59. The van der Waals surface area contributed by atoms with Crippen molar-refractivity contribution in [3.63, 3.8) is 0 Å². The maximum absolute atomic E-state index is 14.0. The molecule has 0 bridgehead atoms. The lowest BCUT2D eigenvalue weighted by Gasteiger charge is -2.74. The van der Waals surface area contributed by atoms with Gasteiger partial charge in [-0.1, -0.05) is 31.9 Å². The second-order valence-corrected chi connectivity index (χ2v) is 40.5. The summed E-state index contributed by atoms with van der Waals surface area (Å²) >= 11 is 0. The van der Waals surface area contributed by atoms with E-state index >= 15 is 0 Å². The molecule has 0 amide bonds. The van der Waals surface area contributed by atoms with Crippen molar-refractivity contribution < 1.29 is 14.3 Å². The molecule has 4 heteroatoms. The molecule has 60 unspecified atom stereocenters. The predicted octanol–water partition coefficient (Wildman–Crippen LogP) is 9.79. The lowest BCUT2D eigenvalue weighted by Crippen LogP contribution is -2.78. The van der Waals surface area contributed by atoms with Crippen LogP contribution in [0.2, 0.25) is 0 Å². The Hall–Kier alpha value is -1.39. The van der Waals surface area contributed by atoms with Crippen molar-refractivity contribution in [2.75, 3.05) is 32.9 Å². The van der Waals surface area contributed by atoms with E-state index in [-0.39, 0.29) is 5.97 Å². The van der Waals surface area contributed by atoms with Gasteiger partial charge in [0, 0.05) is 18.6 Å². The number of morpholine rings is 1. The van der Waals surface area contributed by atoms with E-state index in [1.54, 1.807) is 5.56 Å². The van der Waals surface area contributed by atoms with Crippen LogP contribution in [0.5, 0.6) is 0 Å². The van der Waals surface area contributed by atoms with Crippen LogP contribution < -0.4 is 0 Å². The van der Waals surface area contributed by atoms with Crippen LogP contribution in [0.3, 0.4) is 0 Å². The maximum Gasteiger partial charge on any atom is 0.338 e. The summed E-state index contributed by atoms with van der Waals surface area (Å²) in [5, 5.41) is 0. The lowest BCUT2D eigenvalue weighted by atomic mass is 9.33. The molecule has 0 radical (unpaired) electrons. The molecule has 414 valence electrons. The highest BCUT2D eigenvalue weighted by Crippen LogP contribution is 3.07. The molecule has 32 aliphatic carbocycles. The van der Waals surface area contributed by atoms with E-state index < -0.39 is 0 Å². The van der Waals surface area contributed by atoms with Gasteiger partial charge in [-0.3, -0.25) is 4.90 Å². The fraction of sp³-hybridized carbons (Fsp3) is 0.909. The number of rotatable bonds is 8. The van der Waals surface area contributed by atoms with Crippen molar-refractivity contribution in [2.24, 2.45) is 349 Å². The first kappa shape index (κ1) is 39.5. The average Bonchev–Trinajstić information content (AvgIpc) is 1.44. The molecule has 1 saturated heterocycles. The Kier molecular flexibility index (Phi) is 5.16. The number of nitrogens with zero attached hydrogens (tertiary/aromatic N) is 1. The highest BCUT2D eigenvalue weighted by Gasteiger charge is 3.05. The van der Waals surface area contributed by atoms with Crippen molar-refractivity contribution in [1.82, 2.24) is 4.90 Å². The normalized spacial score (nSPS) is 86.2. The van der Waals surface area contributed by atoms with Crippen LogP contribution in [0, 0.1) is 349 Å². The summed E-state index contributed by atoms with van der Waals surface area (Å²) in [6.07, 6.45) is 4.77. The van der Waals surface area contributed by atoms with Crippen LogP contribution in [-0.2, 0) is 15.9 Å². The van der Waals surface area contributed by atoms with Crippen LogP contribution in [0.25, 0.3) is 0 Å². The van der Waals surface area contributed by atoms with Gasteiger partial charge in [-0.2, -0.15) is 0 Å². The molecule has 1 aromatic rings. The summed E-state index contributed by atoms with van der Waals surface area (Å²) in [5.41, 5.74) is 3.55. The summed E-state index contributed by atoms with van der Waals surface area (Å²) < 4.78 is 12.9. The number of carbonyl (C=O) groups is 1. The summed E-state index contributed by atoms with van der Waals surface area (Å²) in [5.74, 6) is 67.9.